The van der Waals surface area contributed by atoms with Crippen molar-refractivity contribution in [2.45, 2.75) is 32.1 Å². The van der Waals surface area contributed by atoms with Gasteiger partial charge >= 0.3 is 127 Å². The fourth-order valence-corrected chi connectivity index (χ4v) is 2.69. The molecule has 1 N–H and O–H groups in total. The summed E-state index contributed by atoms with van der Waals surface area (Å²) in [6, 6.07) is 1.42. The maximum absolute atomic E-state index is 12.5. The van der Waals surface area contributed by atoms with Crippen LogP contribution in [-0.2, 0) is 21.7 Å². The van der Waals surface area contributed by atoms with E-state index in [1.807, 2.05) is 0 Å². The van der Waals surface area contributed by atoms with Crippen LogP contribution in [0.2, 0.25) is 0 Å². The van der Waals surface area contributed by atoms with Crippen molar-refractivity contribution in [2.75, 3.05) is 6.86 Å². The molecule has 0 saturated heterocycles. The molecule has 1 saturated carbocycles. The van der Waals surface area contributed by atoms with Crippen molar-refractivity contribution in [1.82, 2.24) is 9.97 Å². The van der Waals surface area contributed by atoms with Gasteiger partial charge < -0.3 is 0 Å². The molecule has 0 bridgehead atoms. The summed E-state index contributed by atoms with van der Waals surface area (Å²) in [5.74, 6) is 0.922. The van der Waals surface area contributed by atoms with Gasteiger partial charge in [-0.1, -0.05) is 0 Å². The molecule has 0 aromatic carbocycles. The molecule has 3 rings (SSSR count). The molecule has 115 valence electrons. The summed E-state index contributed by atoms with van der Waals surface area (Å²) >= 11 is 4.12. The third kappa shape index (κ3) is 3.41. The van der Waals surface area contributed by atoms with Crippen molar-refractivity contribution in [2.24, 2.45) is 5.92 Å². The second-order valence-electron chi connectivity index (χ2n) is 5.20. The number of alkyl halides is 1. The molecule has 0 unspecified atom stereocenters. The van der Waals surface area contributed by atoms with Crippen molar-refractivity contribution in [3.8, 4) is 5.88 Å². The molecule has 1 fully saturated rings. The summed E-state index contributed by atoms with van der Waals surface area (Å²) in [5, 5.41) is 0.514. The van der Waals surface area contributed by atoms with Crippen LogP contribution in [0, 0.1) is 10.3 Å². The Hall–Kier alpha value is -1.47. The summed E-state index contributed by atoms with van der Waals surface area (Å²) in [6.07, 6.45) is 5.42. The fraction of sp³-hybridized carbons (Fsp3) is 0.500. The van der Waals surface area contributed by atoms with E-state index in [9.17, 15) is 9.18 Å². The Balaban J connectivity index is 2.02. The van der Waals surface area contributed by atoms with Crippen molar-refractivity contribution >= 4 is 11.1 Å². The SMILES string of the molecule is O=c1cc(CCCC2CC2)c2c(OCF)n[c](=[Co])[nH]c2o1. The quantitative estimate of drug-likeness (QED) is 0.880. The van der Waals surface area contributed by atoms with Crippen LogP contribution >= 0.6 is 0 Å². The Labute approximate surface area is 127 Å². The molecule has 2 aromatic rings. The number of fused-ring (bicyclic) bond motifs is 1. The van der Waals surface area contributed by atoms with E-state index in [1.54, 1.807) is 0 Å². The number of hydrogen-bond donors (Lipinski definition) is 1. The van der Waals surface area contributed by atoms with Gasteiger partial charge in [0.15, 0.2) is 0 Å². The van der Waals surface area contributed by atoms with E-state index in [2.05, 4.69) is 25.3 Å². The zero-order chi connectivity index (χ0) is 14.8. The zero-order valence-electron chi connectivity index (χ0n) is 11.3. The predicted molar refractivity (Wildman–Crippen MR) is 70.1 cm³/mol. The first-order chi connectivity index (χ1) is 10.2. The normalized spacial score (nSPS) is 14.6. The summed E-state index contributed by atoms with van der Waals surface area (Å²) in [4.78, 5) is 18.4. The Kier molecular flexibility index (Phi) is 4.21. The van der Waals surface area contributed by atoms with Crippen LogP contribution in [0.3, 0.4) is 0 Å². The molecule has 2 heterocycles. The van der Waals surface area contributed by atoms with Gasteiger partial charge in [0.2, 0.25) is 0 Å². The molecule has 0 spiro atoms. The second kappa shape index (κ2) is 6.11. The van der Waals surface area contributed by atoms with Crippen LogP contribution in [-0.4, -0.2) is 16.8 Å². The fourth-order valence-electron chi connectivity index (χ4n) is 2.46. The van der Waals surface area contributed by atoms with Gasteiger partial charge in [0, 0.05) is 0 Å². The summed E-state index contributed by atoms with van der Waals surface area (Å²) in [5.41, 5.74) is 0.525. The van der Waals surface area contributed by atoms with Crippen molar-refractivity contribution in [1.29, 1.82) is 0 Å². The van der Waals surface area contributed by atoms with Gasteiger partial charge in [-0.15, -0.1) is 0 Å². The third-order valence-electron chi connectivity index (χ3n) is 3.61. The molecular formula is C14H15CoFN2O3. The molecule has 0 aliphatic heterocycles. The molecule has 1 aliphatic rings. The molecule has 2 aromatic heterocycles. The number of aromatic nitrogens is 2. The average Bonchev–Trinajstić information content (AvgIpc) is 3.22. The topological polar surface area (TPSA) is 68.1 Å². The van der Waals surface area contributed by atoms with Gasteiger partial charge in [-0.25, -0.2) is 0 Å². The van der Waals surface area contributed by atoms with Crippen LogP contribution in [0.1, 0.15) is 31.2 Å². The molecule has 0 radical (unpaired) electrons. The molecular weight excluding hydrogens is 322 g/mol. The van der Waals surface area contributed by atoms with E-state index in [0.717, 1.165) is 24.3 Å². The van der Waals surface area contributed by atoms with Crippen molar-refractivity contribution < 1.29 is 28.8 Å². The van der Waals surface area contributed by atoms with E-state index in [0.29, 0.717) is 11.8 Å². The van der Waals surface area contributed by atoms with E-state index < -0.39 is 12.5 Å². The van der Waals surface area contributed by atoms with Crippen LogP contribution in [0.15, 0.2) is 15.3 Å². The Bertz CT molecular complexity index is 762. The number of nitrogens with one attached hydrogen (secondary N) is 1. The number of rotatable bonds is 6. The first-order valence-electron chi connectivity index (χ1n) is 6.89. The number of hydrogen-bond acceptors (Lipinski definition) is 4. The first kappa shape index (κ1) is 14.5. The van der Waals surface area contributed by atoms with Crippen molar-refractivity contribution in [3.05, 3.63) is 26.4 Å². The first-order valence-corrected chi connectivity index (χ1v) is 7.41. The van der Waals surface area contributed by atoms with Crippen LogP contribution < -0.4 is 10.4 Å². The standard InChI is InChI=1S/C14H15FN2O3.Co/c15-7-19-13-12-10(3-1-2-9-4-5-9)6-11(18)20-14(12)17-8-16-13;/h6,9,17H,1-5,7H2;. The van der Waals surface area contributed by atoms with Gasteiger partial charge in [-0.2, -0.15) is 0 Å². The van der Waals surface area contributed by atoms with E-state index >= 15 is 0 Å². The zero-order valence-corrected chi connectivity index (χ0v) is 12.3. The van der Waals surface area contributed by atoms with Gasteiger partial charge in [0.1, 0.15) is 0 Å². The molecule has 21 heavy (non-hydrogen) atoms. The van der Waals surface area contributed by atoms with Crippen LogP contribution in [0.25, 0.3) is 11.1 Å². The van der Waals surface area contributed by atoms with Gasteiger partial charge in [0.05, 0.1) is 0 Å². The average molecular weight is 337 g/mol. The Morgan fingerprint density at radius 3 is 3.05 bits per heavy atom. The number of H-pyrrole nitrogens is 1. The van der Waals surface area contributed by atoms with Crippen molar-refractivity contribution in [3.63, 3.8) is 0 Å². The Morgan fingerprint density at radius 2 is 2.33 bits per heavy atom. The summed E-state index contributed by atoms with van der Waals surface area (Å²) in [6.45, 7) is -1.00. The molecule has 0 amide bonds. The Morgan fingerprint density at radius 1 is 1.52 bits per heavy atom. The monoisotopic (exact) mass is 337 g/mol. The minimum atomic E-state index is -1.00. The number of halogens is 1. The molecule has 7 heteroatoms. The summed E-state index contributed by atoms with van der Waals surface area (Å²) < 4.78 is 22.7. The number of nitrogens with zero attached hydrogens (tertiary/aromatic N) is 1. The van der Waals surface area contributed by atoms with Crippen LogP contribution in [0.4, 0.5) is 4.39 Å². The molecule has 0 atom stereocenters. The molecule has 5 nitrogen and oxygen atoms in total. The van der Waals surface area contributed by atoms with Crippen LogP contribution in [0.5, 0.6) is 5.88 Å². The van der Waals surface area contributed by atoms with Gasteiger partial charge in [0.25, 0.3) is 0 Å². The number of aromatic amines is 1. The van der Waals surface area contributed by atoms with Gasteiger partial charge in [-0.3, -0.25) is 0 Å². The number of aryl methyl sites for hydroxylation is 1. The third-order valence-corrected chi connectivity index (χ3v) is 3.86. The second-order valence-corrected chi connectivity index (χ2v) is 5.69. The minimum absolute atomic E-state index is 0.0968. The van der Waals surface area contributed by atoms with Gasteiger partial charge in [-0.05, 0) is 0 Å². The summed E-state index contributed by atoms with van der Waals surface area (Å²) in [7, 11) is 0. The van der Waals surface area contributed by atoms with E-state index in [-0.39, 0.29) is 16.0 Å². The molecule has 1 aliphatic carbocycles. The predicted octanol–water partition coefficient (Wildman–Crippen LogP) is 2.63. The maximum atomic E-state index is 12.5. The van der Waals surface area contributed by atoms with E-state index in [4.69, 9.17) is 9.15 Å². The van der Waals surface area contributed by atoms with E-state index in [1.165, 1.54) is 18.9 Å². The number of ether oxygens (including phenoxy) is 1.